The quantitative estimate of drug-likeness (QED) is 0.684. The summed E-state index contributed by atoms with van der Waals surface area (Å²) in [5.41, 5.74) is 10.3. The first-order valence-corrected chi connectivity index (χ1v) is 8.06. The van der Waals surface area contributed by atoms with Gasteiger partial charge in [-0.25, -0.2) is 4.68 Å². The average Bonchev–Trinajstić information content (AvgIpc) is 2.68. The molecule has 122 valence electrons. The first-order valence-electron chi connectivity index (χ1n) is 8.06. The second-order valence-electron chi connectivity index (χ2n) is 6.36. The Kier molecular flexibility index (Phi) is 4.88. The van der Waals surface area contributed by atoms with Gasteiger partial charge in [0, 0.05) is 11.4 Å². The zero-order valence-electron chi connectivity index (χ0n) is 15.6. The van der Waals surface area contributed by atoms with Crippen molar-refractivity contribution in [2.75, 3.05) is 0 Å². The van der Waals surface area contributed by atoms with Crippen molar-refractivity contribution in [3.05, 3.63) is 51.8 Å². The van der Waals surface area contributed by atoms with Gasteiger partial charge in [0.15, 0.2) is 0 Å². The highest BCUT2D eigenvalue weighted by atomic mass is 15.4. The van der Waals surface area contributed by atoms with E-state index in [-0.39, 0.29) is 0 Å². The summed E-state index contributed by atoms with van der Waals surface area (Å²) in [6.07, 6.45) is 0. The summed E-state index contributed by atoms with van der Waals surface area (Å²) in [7, 11) is 0. The van der Waals surface area contributed by atoms with E-state index in [9.17, 15) is 0 Å². The van der Waals surface area contributed by atoms with Gasteiger partial charge >= 0.3 is 0 Å². The smallest absolute Gasteiger partial charge is 0.0794 e. The van der Waals surface area contributed by atoms with Gasteiger partial charge in [-0.15, -0.1) is 0 Å². The Bertz CT molecular complexity index is 759. The molecule has 23 heavy (non-hydrogen) atoms. The summed E-state index contributed by atoms with van der Waals surface area (Å²) in [6.45, 7) is 16.8. The fourth-order valence-corrected chi connectivity index (χ4v) is 2.71. The topological polar surface area (TPSA) is 29.6 Å². The van der Waals surface area contributed by atoms with Crippen LogP contribution in [0.25, 0.3) is 0 Å². The number of aliphatic imine (C=N–C) groups is 1. The van der Waals surface area contributed by atoms with E-state index in [0.29, 0.717) is 0 Å². The predicted molar refractivity (Wildman–Crippen MR) is 101 cm³/mol. The number of nitrogens with zero attached hydrogens (tertiary/aromatic N) is 3. The Morgan fingerprint density at radius 3 is 1.74 bits per heavy atom. The van der Waals surface area contributed by atoms with Crippen LogP contribution in [0.3, 0.4) is 0 Å². The number of hydrogen-bond acceptors (Lipinski definition) is 2. The van der Waals surface area contributed by atoms with Crippen molar-refractivity contribution in [1.82, 2.24) is 4.68 Å². The Morgan fingerprint density at radius 1 is 0.783 bits per heavy atom. The van der Waals surface area contributed by atoms with Crippen molar-refractivity contribution in [3.63, 3.8) is 0 Å². The molecule has 0 radical (unpaired) electrons. The number of rotatable bonds is 3. The molecule has 2 rings (SSSR count). The SMILES string of the molecule is CC(=Nc1c(C)cccc1C)/C(C)=N/n1c(C)c(C)c(C)c1C. The number of para-hydroxylation sites is 1. The second kappa shape index (κ2) is 6.53. The summed E-state index contributed by atoms with van der Waals surface area (Å²) in [4.78, 5) is 4.82. The molecule has 1 heterocycles. The first-order chi connectivity index (χ1) is 10.7. The molecule has 2 aromatic rings. The number of hydrogen-bond donors (Lipinski definition) is 0. The Hall–Kier alpha value is -2.16. The van der Waals surface area contributed by atoms with Gasteiger partial charge in [0.05, 0.1) is 17.1 Å². The summed E-state index contributed by atoms with van der Waals surface area (Å²) >= 11 is 0. The molecule has 3 nitrogen and oxygen atoms in total. The van der Waals surface area contributed by atoms with E-state index in [1.807, 2.05) is 18.5 Å². The lowest BCUT2D eigenvalue weighted by molar-refractivity contribution is 0.809. The standard InChI is InChI=1S/C20H27N3/c1-12-10-9-11-13(2)20(12)21-16(5)17(6)22-23-18(7)14(3)15(4)19(23)8/h9-11H,1-8H3/b21-16?,22-17+. The van der Waals surface area contributed by atoms with Crippen molar-refractivity contribution in [1.29, 1.82) is 0 Å². The van der Waals surface area contributed by atoms with Crippen LogP contribution in [0, 0.1) is 41.5 Å². The molecule has 0 fully saturated rings. The highest BCUT2D eigenvalue weighted by Crippen LogP contribution is 2.24. The molecule has 0 N–H and O–H groups in total. The fraction of sp³-hybridized carbons (Fsp3) is 0.400. The van der Waals surface area contributed by atoms with Gasteiger partial charge in [0.1, 0.15) is 0 Å². The molecular weight excluding hydrogens is 282 g/mol. The molecule has 0 aliphatic carbocycles. The summed E-state index contributed by atoms with van der Waals surface area (Å²) < 4.78 is 2.03. The van der Waals surface area contributed by atoms with E-state index in [2.05, 4.69) is 59.7 Å². The molecule has 0 unspecified atom stereocenters. The minimum absolute atomic E-state index is 0.939. The fourth-order valence-electron chi connectivity index (χ4n) is 2.71. The van der Waals surface area contributed by atoms with Gasteiger partial charge in [-0.2, -0.15) is 5.10 Å². The monoisotopic (exact) mass is 309 g/mol. The lowest BCUT2D eigenvalue weighted by Gasteiger charge is -2.08. The minimum atomic E-state index is 0.939. The van der Waals surface area contributed by atoms with E-state index in [1.165, 1.54) is 33.6 Å². The lowest BCUT2D eigenvalue weighted by atomic mass is 10.1. The molecule has 3 heteroatoms. The van der Waals surface area contributed by atoms with Crippen molar-refractivity contribution in [2.24, 2.45) is 10.1 Å². The largest absolute Gasteiger partial charge is 0.251 e. The third-order valence-corrected chi connectivity index (χ3v) is 4.78. The van der Waals surface area contributed by atoms with Gasteiger partial charge in [0.2, 0.25) is 0 Å². The molecule has 1 aromatic heterocycles. The van der Waals surface area contributed by atoms with Gasteiger partial charge in [-0.1, -0.05) is 18.2 Å². The third kappa shape index (κ3) is 3.29. The number of aromatic nitrogens is 1. The van der Waals surface area contributed by atoms with Crippen LogP contribution in [0.2, 0.25) is 0 Å². The van der Waals surface area contributed by atoms with E-state index in [1.54, 1.807) is 0 Å². The van der Waals surface area contributed by atoms with E-state index in [0.717, 1.165) is 17.1 Å². The maximum absolute atomic E-state index is 4.82. The predicted octanol–water partition coefficient (Wildman–Crippen LogP) is 5.36. The van der Waals surface area contributed by atoms with E-state index < -0.39 is 0 Å². The average molecular weight is 309 g/mol. The Labute approximate surface area is 139 Å². The maximum atomic E-state index is 4.82. The Balaban J connectivity index is 2.46. The van der Waals surface area contributed by atoms with Crippen molar-refractivity contribution >= 4 is 17.1 Å². The summed E-state index contributed by atoms with van der Waals surface area (Å²) in [5, 5.41) is 4.80. The molecule has 0 atom stereocenters. The molecule has 0 aliphatic heterocycles. The molecule has 0 saturated heterocycles. The van der Waals surface area contributed by atoms with E-state index in [4.69, 9.17) is 10.1 Å². The van der Waals surface area contributed by atoms with Crippen molar-refractivity contribution in [3.8, 4) is 0 Å². The van der Waals surface area contributed by atoms with Crippen LogP contribution in [0.4, 0.5) is 5.69 Å². The van der Waals surface area contributed by atoms with Gasteiger partial charge in [-0.05, 0) is 77.6 Å². The van der Waals surface area contributed by atoms with Crippen molar-refractivity contribution < 1.29 is 0 Å². The summed E-state index contributed by atoms with van der Waals surface area (Å²) in [6, 6.07) is 6.26. The Morgan fingerprint density at radius 2 is 1.26 bits per heavy atom. The van der Waals surface area contributed by atoms with Gasteiger partial charge < -0.3 is 0 Å². The molecular formula is C20H27N3. The molecule has 1 aromatic carbocycles. The van der Waals surface area contributed by atoms with Crippen LogP contribution in [0.1, 0.15) is 47.5 Å². The second-order valence-corrected chi connectivity index (χ2v) is 6.36. The van der Waals surface area contributed by atoms with Gasteiger partial charge in [0.25, 0.3) is 0 Å². The first kappa shape index (κ1) is 17.2. The normalized spacial score (nSPS) is 12.9. The van der Waals surface area contributed by atoms with Crippen LogP contribution in [0.15, 0.2) is 28.3 Å². The third-order valence-electron chi connectivity index (χ3n) is 4.78. The lowest BCUT2D eigenvalue weighted by Crippen LogP contribution is -2.09. The molecule has 0 saturated carbocycles. The molecule has 0 amide bonds. The van der Waals surface area contributed by atoms with E-state index >= 15 is 0 Å². The van der Waals surface area contributed by atoms with Crippen LogP contribution in [0.5, 0.6) is 0 Å². The molecule has 0 aliphatic rings. The highest BCUT2D eigenvalue weighted by Gasteiger charge is 2.11. The van der Waals surface area contributed by atoms with Crippen LogP contribution < -0.4 is 0 Å². The number of aryl methyl sites for hydroxylation is 2. The minimum Gasteiger partial charge on any atom is -0.251 e. The number of benzene rings is 1. The molecule has 0 bridgehead atoms. The zero-order valence-corrected chi connectivity index (χ0v) is 15.6. The summed E-state index contributed by atoms with van der Waals surface area (Å²) in [5.74, 6) is 0. The van der Waals surface area contributed by atoms with Crippen molar-refractivity contribution in [2.45, 2.75) is 55.4 Å². The van der Waals surface area contributed by atoms with Crippen LogP contribution in [-0.2, 0) is 0 Å². The highest BCUT2D eigenvalue weighted by molar-refractivity contribution is 6.41. The zero-order chi connectivity index (χ0) is 17.3. The van der Waals surface area contributed by atoms with Gasteiger partial charge in [-0.3, -0.25) is 4.99 Å². The molecule has 0 spiro atoms. The van der Waals surface area contributed by atoms with Crippen LogP contribution in [-0.4, -0.2) is 16.1 Å². The maximum Gasteiger partial charge on any atom is 0.0794 e. The van der Waals surface area contributed by atoms with Crippen LogP contribution >= 0.6 is 0 Å².